The van der Waals surface area contributed by atoms with Crippen LogP contribution in [0.25, 0.3) is 0 Å². The molecule has 0 heterocycles. The number of rotatable bonds is 4. The molecule has 0 spiro atoms. The third-order valence-electron chi connectivity index (χ3n) is 1.69. The highest BCUT2D eigenvalue weighted by molar-refractivity contribution is 5.87. The van der Waals surface area contributed by atoms with Crippen molar-refractivity contribution >= 4 is 11.8 Å². The maximum atomic E-state index is 11.1. The molecule has 0 aromatic carbocycles. The largest absolute Gasteiger partial charge is 0.347 e. The maximum Gasteiger partial charge on any atom is 0.241 e. The van der Waals surface area contributed by atoms with Gasteiger partial charge in [-0.1, -0.05) is 6.92 Å². The first kappa shape index (κ1) is 11.9. The summed E-state index contributed by atoms with van der Waals surface area (Å²) in [6.07, 6.45) is 0.571. The van der Waals surface area contributed by atoms with Gasteiger partial charge in [-0.05, 0) is 6.42 Å². The molecule has 0 rings (SSSR count). The lowest BCUT2D eigenvalue weighted by Crippen LogP contribution is -2.44. The van der Waals surface area contributed by atoms with Crippen molar-refractivity contribution in [1.29, 1.82) is 0 Å². The Morgan fingerprint density at radius 3 is 2.38 bits per heavy atom. The zero-order valence-corrected chi connectivity index (χ0v) is 8.33. The van der Waals surface area contributed by atoms with Crippen LogP contribution in [0.3, 0.4) is 0 Å². The first-order chi connectivity index (χ1) is 5.99. The van der Waals surface area contributed by atoms with E-state index in [2.05, 4.69) is 5.32 Å². The number of nitrogens with one attached hydrogen (secondary N) is 1. The molecule has 0 saturated carbocycles. The van der Waals surface area contributed by atoms with Gasteiger partial charge in [0.25, 0.3) is 0 Å². The summed E-state index contributed by atoms with van der Waals surface area (Å²) in [5.41, 5.74) is 5.44. The molecule has 0 bridgehead atoms. The van der Waals surface area contributed by atoms with Crippen LogP contribution in [0.15, 0.2) is 0 Å². The SMILES string of the molecule is CCC(N)C(=O)NCC(=O)N(C)C. The van der Waals surface area contributed by atoms with Crippen LogP contribution in [0.5, 0.6) is 0 Å². The van der Waals surface area contributed by atoms with E-state index in [1.165, 1.54) is 4.90 Å². The second-order valence-corrected chi connectivity index (χ2v) is 3.02. The van der Waals surface area contributed by atoms with E-state index in [1.807, 2.05) is 6.92 Å². The molecule has 1 unspecified atom stereocenters. The predicted octanol–water partition coefficient (Wildman–Crippen LogP) is -1.07. The van der Waals surface area contributed by atoms with Crippen LogP contribution >= 0.6 is 0 Å². The van der Waals surface area contributed by atoms with Gasteiger partial charge in [-0.15, -0.1) is 0 Å². The number of carbonyl (C=O) groups is 2. The number of carbonyl (C=O) groups excluding carboxylic acids is 2. The lowest BCUT2D eigenvalue weighted by Gasteiger charge is -2.12. The van der Waals surface area contributed by atoms with E-state index in [1.54, 1.807) is 14.1 Å². The van der Waals surface area contributed by atoms with E-state index >= 15 is 0 Å². The average Bonchev–Trinajstić information content (AvgIpc) is 2.11. The summed E-state index contributed by atoms with van der Waals surface area (Å²) in [4.78, 5) is 23.5. The van der Waals surface area contributed by atoms with Gasteiger partial charge < -0.3 is 16.0 Å². The highest BCUT2D eigenvalue weighted by Crippen LogP contribution is 1.85. The number of hydrogen-bond donors (Lipinski definition) is 2. The second kappa shape index (κ2) is 5.53. The summed E-state index contributed by atoms with van der Waals surface area (Å²) < 4.78 is 0. The van der Waals surface area contributed by atoms with Gasteiger partial charge >= 0.3 is 0 Å². The van der Waals surface area contributed by atoms with Crippen molar-refractivity contribution in [3.63, 3.8) is 0 Å². The Kier molecular flexibility index (Phi) is 5.06. The van der Waals surface area contributed by atoms with Gasteiger partial charge in [0.1, 0.15) is 0 Å². The molecule has 1 atom stereocenters. The Morgan fingerprint density at radius 2 is 2.00 bits per heavy atom. The molecule has 76 valence electrons. The summed E-state index contributed by atoms with van der Waals surface area (Å²) in [6.45, 7) is 1.83. The molecule has 0 aromatic heterocycles. The molecular weight excluding hydrogens is 170 g/mol. The Labute approximate surface area is 78.3 Å². The molecule has 0 radical (unpaired) electrons. The van der Waals surface area contributed by atoms with Gasteiger partial charge in [-0.25, -0.2) is 0 Å². The standard InChI is InChI=1S/C8H17N3O2/c1-4-6(9)8(13)10-5-7(12)11(2)3/h6H,4-5,9H2,1-3H3,(H,10,13). The van der Waals surface area contributed by atoms with Gasteiger partial charge in [0.15, 0.2) is 0 Å². The quantitative estimate of drug-likeness (QED) is 0.588. The number of likely N-dealkylation sites (N-methyl/N-ethyl adjacent to an activating group) is 1. The Balaban J connectivity index is 3.77. The lowest BCUT2D eigenvalue weighted by atomic mass is 10.2. The van der Waals surface area contributed by atoms with Crippen molar-refractivity contribution in [2.45, 2.75) is 19.4 Å². The van der Waals surface area contributed by atoms with Crippen LogP contribution < -0.4 is 11.1 Å². The molecule has 13 heavy (non-hydrogen) atoms. The second-order valence-electron chi connectivity index (χ2n) is 3.02. The highest BCUT2D eigenvalue weighted by atomic mass is 16.2. The molecule has 0 fully saturated rings. The Hall–Kier alpha value is -1.10. The van der Waals surface area contributed by atoms with Gasteiger partial charge in [-0.2, -0.15) is 0 Å². The average molecular weight is 187 g/mol. The summed E-state index contributed by atoms with van der Waals surface area (Å²) >= 11 is 0. The molecule has 5 heteroatoms. The van der Waals surface area contributed by atoms with Crippen molar-refractivity contribution < 1.29 is 9.59 Å². The zero-order valence-electron chi connectivity index (χ0n) is 8.33. The molecule has 0 aliphatic carbocycles. The zero-order chi connectivity index (χ0) is 10.4. The lowest BCUT2D eigenvalue weighted by molar-refractivity contribution is -0.131. The highest BCUT2D eigenvalue weighted by Gasteiger charge is 2.12. The number of nitrogens with two attached hydrogens (primary N) is 1. The number of nitrogens with zero attached hydrogens (tertiary/aromatic N) is 1. The molecule has 0 aliphatic rings. The predicted molar refractivity (Wildman–Crippen MR) is 50.0 cm³/mol. The topological polar surface area (TPSA) is 75.4 Å². The van der Waals surface area contributed by atoms with Crippen molar-refractivity contribution in [2.24, 2.45) is 5.73 Å². The molecule has 0 aliphatic heterocycles. The Bertz CT molecular complexity index is 192. The van der Waals surface area contributed by atoms with E-state index < -0.39 is 6.04 Å². The smallest absolute Gasteiger partial charge is 0.241 e. The van der Waals surface area contributed by atoms with Gasteiger partial charge in [0, 0.05) is 14.1 Å². The normalized spacial score (nSPS) is 12.0. The number of amides is 2. The summed E-state index contributed by atoms with van der Waals surface area (Å²) in [5.74, 6) is -0.422. The summed E-state index contributed by atoms with van der Waals surface area (Å²) in [5, 5.41) is 2.46. The van der Waals surface area contributed by atoms with Crippen LogP contribution in [0, 0.1) is 0 Å². The van der Waals surface area contributed by atoms with Crippen LogP contribution in [0.4, 0.5) is 0 Å². The Morgan fingerprint density at radius 1 is 1.46 bits per heavy atom. The van der Waals surface area contributed by atoms with E-state index in [0.29, 0.717) is 6.42 Å². The minimum Gasteiger partial charge on any atom is -0.347 e. The van der Waals surface area contributed by atoms with Crippen LogP contribution in [-0.4, -0.2) is 43.4 Å². The molecule has 3 N–H and O–H groups in total. The number of hydrogen-bond acceptors (Lipinski definition) is 3. The fourth-order valence-electron chi connectivity index (χ4n) is 0.637. The molecule has 0 saturated heterocycles. The van der Waals surface area contributed by atoms with Crippen LogP contribution in [0.1, 0.15) is 13.3 Å². The van der Waals surface area contributed by atoms with Crippen molar-refractivity contribution in [2.75, 3.05) is 20.6 Å². The van der Waals surface area contributed by atoms with Gasteiger partial charge in [-0.3, -0.25) is 9.59 Å². The van der Waals surface area contributed by atoms with Crippen LogP contribution in [0.2, 0.25) is 0 Å². The van der Waals surface area contributed by atoms with Gasteiger partial charge in [0.2, 0.25) is 11.8 Å². The summed E-state index contributed by atoms with van der Waals surface area (Å²) in [6, 6.07) is -0.519. The van der Waals surface area contributed by atoms with Crippen molar-refractivity contribution in [1.82, 2.24) is 10.2 Å². The van der Waals surface area contributed by atoms with E-state index in [4.69, 9.17) is 5.73 Å². The van der Waals surface area contributed by atoms with Crippen molar-refractivity contribution in [3.8, 4) is 0 Å². The third kappa shape index (κ3) is 4.47. The maximum absolute atomic E-state index is 11.1. The first-order valence-electron chi connectivity index (χ1n) is 4.22. The molecule has 5 nitrogen and oxygen atoms in total. The minimum absolute atomic E-state index is 0.0134. The first-order valence-corrected chi connectivity index (χ1v) is 4.22. The minimum atomic E-state index is -0.519. The monoisotopic (exact) mass is 187 g/mol. The summed E-state index contributed by atoms with van der Waals surface area (Å²) in [7, 11) is 3.27. The van der Waals surface area contributed by atoms with Crippen molar-refractivity contribution in [3.05, 3.63) is 0 Å². The van der Waals surface area contributed by atoms with E-state index in [-0.39, 0.29) is 18.4 Å². The molecular formula is C8H17N3O2. The van der Waals surface area contributed by atoms with Gasteiger partial charge in [0.05, 0.1) is 12.6 Å². The van der Waals surface area contributed by atoms with Crippen LogP contribution in [-0.2, 0) is 9.59 Å². The third-order valence-corrected chi connectivity index (χ3v) is 1.69. The fourth-order valence-corrected chi connectivity index (χ4v) is 0.637. The van der Waals surface area contributed by atoms with E-state index in [9.17, 15) is 9.59 Å². The van der Waals surface area contributed by atoms with E-state index in [0.717, 1.165) is 0 Å². The fraction of sp³-hybridized carbons (Fsp3) is 0.750. The molecule has 2 amide bonds. The molecule has 0 aromatic rings.